The zero-order valence-electron chi connectivity index (χ0n) is 13.3. The Morgan fingerprint density at radius 2 is 2.23 bits per heavy atom. The standard InChI is InChI=1S/C17H24N2O3/c1-4-5-13-8-14(9-15(21-2)16(13)22-3)17(20)19-7-6-12(10-18)11-19/h4,8-9,12H,1,5-7,10-11,18H2,2-3H3. The average Bonchev–Trinajstić information content (AvgIpc) is 3.02. The first-order valence-corrected chi connectivity index (χ1v) is 7.49. The van der Waals surface area contributed by atoms with Crippen LogP contribution in [0.5, 0.6) is 11.5 Å². The van der Waals surface area contributed by atoms with Crippen molar-refractivity contribution in [1.82, 2.24) is 4.90 Å². The van der Waals surface area contributed by atoms with E-state index in [2.05, 4.69) is 6.58 Å². The minimum Gasteiger partial charge on any atom is -0.493 e. The van der Waals surface area contributed by atoms with Gasteiger partial charge in [0.25, 0.3) is 5.91 Å². The first-order chi connectivity index (χ1) is 10.6. The van der Waals surface area contributed by atoms with Crippen molar-refractivity contribution in [1.29, 1.82) is 0 Å². The van der Waals surface area contributed by atoms with E-state index in [1.807, 2.05) is 11.0 Å². The molecule has 1 aromatic carbocycles. The second kappa shape index (κ2) is 7.31. The van der Waals surface area contributed by atoms with E-state index in [9.17, 15) is 4.79 Å². The van der Waals surface area contributed by atoms with Gasteiger partial charge in [0.2, 0.25) is 0 Å². The second-order valence-electron chi connectivity index (χ2n) is 5.51. The Balaban J connectivity index is 2.32. The van der Waals surface area contributed by atoms with Crippen LogP contribution in [0.1, 0.15) is 22.3 Å². The van der Waals surface area contributed by atoms with Gasteiger partial charge in [-0.3, -0.25) is 4.79 Å². The van der Waals surface area contributed by atoms with Crippen LogP contribution in [-0.4, -0.2) is 44.7 Å². The summed E-state index contributed by atoms with van der Waals surface area (Å²) in [5.41, 5.74) is 7.21. The molecule has 0 aliphatic carbocycles. The van der Waals surface area contributed by atoms with Gasteiger partial charge in [0.1, 0.15) is 0 Å². The highest BCUT2D eigenvalue weighted by atomic mass is 16.5. The van der Waals surface area contributed by atoms with Gasteiger partial charge in [-0.25, -0.2) is 0 Å². The molecular formula is C17H24N2O3. The molecule has 1 fully saturated rings. The van der Waals surface area contributed by atoms with Gasteiger partial charge in [-0.05, 0) is 37.4 Å². The maximum absolute atomic E-state index is 12.7. The van der Waals surface area contributed by atoms with Crippen molar-refractivity contribution in [2.45, 2.75) is 12.8 Å². The molecule has 1 aliphatic heterocycles. The fourth-order valence-corrected chi connectivity index (χ4v) is 2.87. The van der Waals surface area contributed by atoms with Crippen LogP contribution in [0.3, 0.4) is 0 Å². The van der Waals surface area contributed by atoms with E-state index in [1.165, 1.54) is 0 Å². The van der Waals surface area contributed by atoms with Crippen molar-refractivity contribution < 1.29 is 14.3 Å². The predicted molar refractivity (Wildman–Crippen MR) is 86.5 cm³/mol. The number of hydrogen-bond donors (Lipinski definition) is 1. The largest absolute Gasteiger partial charge is 0.493 e. The summed E-state index contributed by atoms with van der Waals surface area (Å²) in [7, 11) is 3.17. The quantitative estimate of drug-likeness (QED) is 0.815. The summed E-state index contributed by atoms with van der Waals surface area (Å²) in [6.45, 7) is 5.86. The number of carbonyl (C=O) groups is 1. The molecule has 1 aromatic rings. The SMILES string of the molecule is C=CCc1cc(C(=O)N2CCC(CN)C2)cc(OC)c1OC. The van der Waals surface area contributed by atoms with E-state index in [-0.39, 0.29) is 5.91 Å². The zero-order chi connectivity index (χ0) is 16.1. The van der Waals surface area contributed by atoms with Crippen molar-refractivity contribution in [3.05, 3.63) is 35.9 Å². The molecule has 1 unspecified atom stereocenters. The number of nitrogens with zero attached hydrogens (tertiary/aromatic N) is 1. The number of ether oxygens (including phenoxy) is 2. The van der Waals surface area contributed by atoms with Crippen LogP contribution in [0, 0.1) is 5.92 Å². The number of likely N-dealkylation sites (tertiary alicyclic amines) is 1. The van der Waals surface area contributed by atoms with Gasteiger partial charge in [-0.1, -0.05) is 6.08 Å². The highest BCUT2D eigenvalue weighted by molar-refractivity contribution is 5.95. The molecule has 0 bridgehead atoms. The summed E-state index contributed by atoms with van der Waals surface area (Å²) >= 11 is 0. The molecular weight excluding hydrogens is 280 g/mol. The number of hydrogen-bond acceptors (Lipinski definition) is 4. The normalized spacial score (nSPS) is 17.4. The fraction of sp³-hybridized carbons (Fsp3) is 0.471. The number of methoxy groups -OCH3 is 2. The zero-order valence-corrected chi connectivity index (χ0v) is 13.3. The smallest absolute Gasteiger partial charge is 0.254 e. The number of carbonyl (C=O) groups excluding carboxylic acids is 1. The third-order valence-corrected chi connectivity index (χ3v) is 4.07. The van der Waals surface area contributed by atoms with Crippen LogP contribution in [-0.2, 0) is 6.42 Å². The molecule has 1 atom stereocenters. The molecule has 1 heterocycles. The lowest BCUT2D eigenvalue weighted by Gasteiger charge is -2.19. The first kappa shape index (κ1) is 16.4. The molecule has 1 amide bonds. The van der Waals surface area contributed by atoms with Crippen LogP contribution in [0.15, 0.2) is 24.8 Å². The molecule has 2 N–H and O–H groups in total. The van der Waals surface area contributed by atoms with Crippen LogP contribution in [0.2, 0.25) is 0 Å². The van der Waals surface area contributed by atoms with Gasteiger partial charge in [0, 0.05) is 24.2 Å². The molecule has 22 heavy (non-hydrogen) atoms. The van der Waals surface area contributed by atoms with Gasteiger partial charge in [0.15, 0.2) is 11.5 Å². The monoisotopic (exact) mass is 304 g/mol. The van der Waals surface area contributed by atoms with Gasteiger partial charge in [-0.2, -0.15) is 0 Å². The van der Waals surface area contributed by atoms with Crippen molar-refractivity contribution in [3.8, 4) is 11.5 Å². The van der Waals surface area contributed by atoms with Crippen molar-refractivity contribution in [2.75, 3.05) is 33.9 Å². The molecule has 2 rings (SSSR count). The van der Waals surface area contributed by atoms with E-state index >= 15 is 0 Å². The Morgan fingerprint density at radius 1 is 1.45 bits per heavy atom. The molecule has 1 saturated heterocycles. The first-order valence-electron chi connectivity index (χ1n) is 7.49. The fourth-order valence-electron chi connectivity index (χ4n) is 2.87. The highest BCUT2D eigenvalue weighted by Crippen LogP contribution is 2.34. The lowest BCUT2D eigenvalue weighted by Crippen LogP contribution is -2.30. The number of rotatable bonds is 6. The van der Waals surface area contributed by atoms with E-state index < -0.39 is 0 Å². The molecule has 0 aromatic heterocycles. The maximum atomic E-state index is 12.7. The molecule has 5 heteroatoms. The van der Waals surface area contributed by atoms with Gasteiger partial charge < -0.3 is 20.1 Å². The molecule has 0 radical (unpaired) electrons. The Hall–Kier alpha value is -2.01. The van der Waals surface area contributed by atoms with Crippen LogP contribution < -0.4 is 15.2 Å². The topological polar surface area (TPSA) is 64.8 Å². The van der Waals surface area contributed by atoms with Crippen molar-refractivity contribution in [3.63, 3.8) is 0 Å². The Labute approximate surface area is 131 Å². The van der Waals surface area contributed by atoms with E-state index in [4.69, 9.17) is 15.2 Å². The number of nitrogens with two attached hydrogens (primary N) is 1. The van der Waals surface area contributed by atoms with Crippen molar-refractivity contribution >= 4 is 5.91 Å². The number of benzene rings is 1. The average molecular weight is 304 g/mol. The molecule has 0 spiro atoms. The Kier molecular flexibility index (Phi) is 5.44. The lowest BCUT2D eigenvalue weighted by atomic mass is 10.0. The summed E-state index contributed by atoms with van der Waals surface area (Å²) in [5, 5.41) is 0. The predicted octanol–water partition coefficient (Wildman–Crippen LogP) is 1.85. The van der Waals surface area contributed by atoms with Crippen LogP contribution in [0.4, 0.5) is 0 Å². The Bertz CT molecular complexity index is 557. The second-order valence-corrected chi connectivity index (χ2v) is 5.51. The van der Waals surface area contributed by atoms with E-state index in [0.717, 1.165) is 25.1 Å². The van der Waals surface area contributed by atoms with Crippen LogP contribution >= 0.6 is 0 Å². The lowest BCUT2D eigenvalue weighted by molar-refractivity contribution is 0.0787. The highest BCUT2D eigenvalue weighted by Gasteiger charge is 2.27. The summed E-state index contributed by atoms with van der Waals surface area (Å²) in [4.78, 5) is 14.6. The summed E-state index contributed by atoms with van der Waals surface area (Å²) < 4.78 is 10.8. The number of allylic oxidation sites excluding steroid dienone is 1. The molecule has 120 valence electrons. The number of amides is 1. The summed E-state index contributed by atoms with van der Waals surface area (Å²) in [5.74, 6) is 1.64. The van der Waals surface area contributed by atoms with Gasteiger partial charge >= 0.3 is 0 Å². The Morgan fingerprint density at radius 3 is 2.77 bits per heavy atom. The molecule has 1 aliphatic rings. The van der Waals surface area contributed by atoms with Gasteiger partial charge in [-0.15, -0.1) is 6.58 Å². The maximum Gasteiger partial charge on any atom is 0.254 e. The molecule has 0 saturated carbocycles. The molecule has 5 nitrogen and oxygen atoms in total. The van der Waals surface area contributed by atoms with Crippen LogP contribution in [0.25, 0.3) is 0 Å². The third-order valence-electron chi connectivity index (χ3n) is 4.07. The van der Waals surface area contributed by atoms with Crippen molar-refractivity contribution in [2.24, 2.45) is 11.7 Å². The third kappa shape index (κ3) is 3.25. The minimum atomic E-state index is 0.0159. The van der Waals surface area contributed by atoms with E-state index in [1.54, 1.807) is 26.4 Å². The van der Waals surface area contributed by atoms with Gasteiger partial charge in [0.05, 0.1) is 14.2 Å². The summed E-state index contributed by atoms with van der Waals surface area (Å²) in [6.07, 6.45) is 3.37. The summed E-state index contributed by atoms with van der Waals surface area (Å²) in [6, 6.07) is 3.60. The van der Waals surface area contributed by atoms with E-state index in [0.29, 0.717) is 35.9 Å². The minimum absolute atomic E-state index is 0.0159.